The molecule has 2 heterocycles. The molecule has 0 unspecified atom stereocenters. The molecule has 0 saturated carbocycles. The fourth-order valence-electron chi connectivity index (χ4n) is 3.02. The molecular formula is C19H20F3N5O3S. The van der Waals surface area contributed by atoms with Crippen LogP contribution >= 0.6 is 0 Å². The van der Waals surface area contributed by atoms with Gasteiger partial charge in [0.1, 0.15) is 11.6 Å². The van der Waals surface area contributed by atoms with E-state index >= 15 is 0 Å². The van der Waals surface area contributed by atoms with E-state index in [1.165, 1.54) is 12.3 Å². The summed E-state index contributed by atoms with van der Waals surface area (Å²) in [6.07, 6.45) is 2.19. The Labute approximate surface area is 176 Å². The zero-order valence-electron chi connectivity index (χ0n) is 16.9. The van der Waals surface area contributed by atoms with Crippen LogP contribution in [0.15, 0.2) is 33.8 Å². The Balaban J connectivity index is 2.00. The second kappa shape index (κ2) is 8.17. The molecule has 3 N–H and O–H groups in total. The summed E-state index contributed by atoms with van der Waals surface area (Å²) < 4.78 is 67.3. The number of nitrogen functional groups attached to an aromatic ring is 1. The van der Waals surface area contributed by atoms with E-state index in [9.17, 15) is 21.6 Å². The number of sulfone groups is 1. The van der Waals surface area contributed by atoms with Gasteiger partial charge in [-0.25, -0.2) is 13.4 Å². The van der Waals surface area contributed by atoms with Crippen molar-refractivity contribution >= 4 is 27.3 Å². The lowest BCUT2D eigenvalue weighted by Gasteiger charge is -2.16. The predicted molar refractivity (Wildman–Crippen MR) is 108 cm³/mol. The van der Waals surface area contributed by atoms with E-state index in [0.29, 0.717) is 40.5 Å². The summed E-state index contributed by atoms with van der Waals surface area (Å²) in [6, 6.07) is 3.18. The first-order valence-electron chi connectivity index (χ1n) is 9.18. The fraction of sp³-hybridized carbons (Fsp3) is 0.316. The molecule has 0 amide bonds. The van der Waals surface area contributed by atoms with E-state index in [4.69, 9.17) is 10.3 Å². The van der Waals surface area contributed by atoms with Gasteiger partial charge >= 0.3 is 5.51 Å². The lowest BCUT2D eigenvalue weighted by Crippen LogP contribution is -2.23. The fourth-order valence-corrected chi connectivity index (χ4v) is 3.83. The van der Waals surface area contributed by atoms with Crippen LogP contribution in [0.1, 0.15) is 35.1 Å². The van der Waals surface area contributed by atoms with Crippen LogP contribution < -0.4 is 11.1 Å². The molecule has 3 rings (SSSR count). The maximum atomic E-state index is 12.9. The number of benzene rings is 1. The molecule has 166 valence electrons. The van der Waals surface area contributed by atoms with Crippen LogP contribution in [0.4, 0.5) is 30.6 Å². The number of hydrogen-bond donors (Lipinski definition) is 2. The average molecular weight is 455 g/mol. The van der Waals surface area contributed by atoms with E-state index in [1.54, 1.807) is 20.8 Å². The maximum absolute atomic E-state index is 12.9. The highest BCUT2D eigenvalue weighted by Gasteiger charge is 2.47. The standard InChI is InChI=1S/C19H20F3N5O3S/c1-4-12-7-14(31(28,29)19(20,21)22)5-6-16(12)25-17-13(9-24-18(23)26-17)8-15-10(2)27-30-11(15)3/h5-7,9H,4,8H2,1-3H3,(H3,23,24,25,26). The maximum Gasteiger partial charge on any atom is 0.501 e. The Morgan fingerprint density at radius 1 is 1.19 bits per heavy atom. The quantitative estimate of drug-likeness (QED) is 0.574. The molecule has 0 fully saturated rings. The van der Waals surface area contributed by atoms with Crippen LogP contribution in [0.3, 0.4) is 0 Å². The third-order valence-electron chi connectivity index (χ3n) is 4.76. The van der Waals surface area contributed by atoms with E-state index in [2.05, 4.69) is 20.4 Å². The van der Waals surface area contributed by atoms with Crippen LogP contribution in [0, 0.1) is 13.8 Å². The molecular weight excluding hydrogens is 435 g/mol. The van der Waals surface area contributed by atoms with Crippen molar-refractivity contribution in [2.45, 2.75) is 44.0 Å². The van der Waals surface area contributed by atoms with Crippen molar-refractivity contribution in [3.8, 4) is 0 Å². The first-order chi connectivity index (χ1) is 14.4. The number of aryl methyl sites for hydroxylation is 3. The largest absolute Gasteiger partial charge is 0.501 e. The zero-order valence-corrected chi connectivity index (χ0v) is 17.7. The molecule has 0 aliphatic rings. The van der Waals surface area contributed by atoms with Crippen molar-refractivity contribution in [2.24, 2.45) is 0 Å². The van der Waals surface area contributed by atoms with Crippen LogP contribution in [0.5, 0.6) is 0 Å². The number of halogens is 3. The summed E-state index contributed by atoms with van der Waals surface area (Å²) in [4.78, 5) is 7.39. The van der Waals surface area contributed by atoms with Crippen molar-refractivity contribution < 1.29 is 26.1 Å². The Hall–Kier alpha value is -3.15. The van der Waals surface area contributed by atoms with Crippen molar-refractivity contribution in [1.29, 1.82) is 0 Å². The summed E-state index contributed by atoms with van der Waals surface area (Å²) in [5.41, 5.74) is 3.31. The Morgan fingerprint density at radius 2 is 1.90 bits per heavy atom. The van der Waals surface area contributed by atoms with Gasteiger partial charge in [0.25, 0.3) is 9.84 Å². The van der Waals surface area contributed by atoms with E-state index in [1.807, 2.05) is 0 Å². The minimum Gasteiger partial charge on any atom is -0.368 e. The van der Waals surface area contributed by atoms with Crippen molar-refractivity contribution in [3.05, 3.63) is 52.5 Å². The molecule has 8 nitrogen and oxygen atoms in total. The van der Waals surface area contributed by atoms with Crippen LogP contribution in [0.2, 0.25) is 0 Å². The highest BCUT2D eigenvalue weighted by molar-refractivity contribution is 7.92. The number of nitrogens with zero attached hydrogens (tertiary/aromatic N) is 3. The molecule has 0 radical (unpaired) electrons. The van der Waals surface area contributed by atoms with Gasteiger partial charge in [-0.1, -0.05) is 12.1 Å². The topological polar surface area (TPSA) is 124 Å². The number of nitrogens with one attached hydrogen (secondary N) is 1. The molecule has 2 aromatic heterocycles. The van der Waals surface area contributed by atoms with Gasteiger partial charge in [0, 0.05) is 29.4 Å². The van der Waals surface area contributed by atoms with Crippen molar-refractivity contribution in [2.75, 3.05) is 11.1 Å². The summed E-state index contributed by atoms with van der Waals surface area (Å²) in [5.74, 6) is 0.976. The highest BCUT2D eigenvalue weighted by atomic mass is 32.2. The third-order valence-corrected chi connectivity index (χ3v) is 6.24. The summed E-state index contributed by atoms with van der Waals surface area (Å²) in [6.45, 7) is 5.27. The van der Waals surface area contributed by atoms with Crippen molar-refractivity contribution in [3.63, 3.8) is 0 Å². The Morgan fingerprint density at radius 3 is 2.48 bits per heavy atom. The van der Waals surface area contributed by atoms with Gasteiger partial charge < -0.3 is 15.6 Å². The summed E-state index contributed by atoms with van der Waals surface area (Å²) in [5, 5.41) is 6.96. The number of nitrogens with two attached hydrogens (primary N) is 1. The minimum absolute atomic E-state index is 0.000620. The van der Waals surface area contributed by atoms with Crippen LogP contribution in [-0.2, 0) is 22.7 Å². The zero-order chi connectivity index (χ0) is 23.0. The molecule has 0 aliphatic heterocycles. The number of alkyl halides is 3. The molecule has 12 heteroatoms. The number of aromatic nitrogens is 3. The molecule has 31 heavy (non-hydrogen) atoms. The van der Waals surface area contributed by atoms with Gasteiger partial charge in [-0.05, 0) is 44.0 Å². The minimum atomic E-state index is -5.45. The van der Waals surface area contributed by atoms with E-state index < -0.39 is 20.2 Å². The smallest absolute Gasteiger partial charge is 0.368 e. The van der Waals surface area contributed by atoms with Gasteiger partial charge in [0.05, 0.1) is 10.6 Å². The Kier molecular flexibility index (Phi) is 5.94. The highest BCUT2D eigenvalue weighted by Crippen LogP contribution is 2.33. The molecule has 0 bridgehead atoms. The number of rotatable bonds is 6. The lowest BCUT2D eigenvalue weighted by molar-refractivity contribution is -0.0436. The molecule has 0 aliphatic carbocycles. The number of anilines is 3. The van der Waals surface area contributed by atoms with Gasteiger partial charge in [-0.2, -0.15) is 18.2 Å². The Bertz CT molecular complexity index is 1200. The second-order valence-electron chi connectivity index (χ2n) is 6.83. The van der Waals surface area contributed by atoms with Crippen molar-refractivity contribution in [1.82, 2.24) is 15.1 Å². The first-order valence-corrected chi connectivity index (χ1v) is 10.7. The van der Waals surface area contributed by atoms with E-state index in [0.717, 1.165) is 17.7 Å². The van der Waals surface area contributed by atoms with Gasteiger partial charge in [-0.3, -0.25) is 0 Å². The summed E-state index contributed by atoms with van der Waals surface area (Å²) in [7, 11) is -5.45. The predicted octanol–water partition coefficient (Wildman–Crippen LogP) is 3.85. The van der Waals surface area contributed by atoms with E-state index in [-0.39, 0.29) is 12.4 Å². The van der Waals surface area contributed by atoms with Gasteiger partial charge in [0.2, 0.25) is 5.95 Å². The van der Waals surface area contributed by atoms with Gasteiger partial charge in [0.15, 0.2) is 0 Å². The molecule has 0 atom stereocenters. The molecule has 0 spiro atoms. The summed E-state index contributed by atoms with van der Waals surface area (Å²) >= 11 is 0. The van der Waals surface area contributed by atoms with Gasteiger partial charge in [-0.15, -0.1) is 0 Å². The third kappa shape index (κ3) is 4.48. The second-order valence-corrected chi connectivity index (χ2v) is 8.77. The molecule has 1 aromatic carbocycles. The van der Waals surface area contributed by atoms with Crippen LogP contribution in [-0.4, -0.2) is 29.1 Å². The molecule has 3 aromatic rings. The SMILES string of the molecule is CCc1cc(S(=O)(=O)C(F)(F)F)ccc1Nc1nc(N)ncc1Cc1c(C)noc1C. The lowest BCUT2D eigenvalue weighted by atomic mass is 10.0. The molecule has 0 saturated heterocycles. The monoisotopic (exact) mass is 455 g/mol. The normalized spacial score (nSPS) is 12.2. The van der Waals surface area contributed by atoms with Crippen LogP contribution in [0.25, 0.3) is 0 Å². The first kappa shape index (κ1) is 22.5. The average Bonchev–Trinajstić information content (AvgIpc) is 3.01. The number of hydrogen-bond acceptors (Lipinski definition) is 8.